The molecular weight excluding hydrogens is 172 g/mol. The van der Waals surface area contributed by atoms with Gasteiger partial charge in [-0.1, -0.05) is 0 Å². The number of nitrogens with two attached hydrogens (primary N) is 1. The Hall–Kier alpha value is -1.10. The van der Waals surface area contributed by atoms with Gasteiger partial charge in [-0.3, -0.25) is 4.57 Å². The van der Waals surface area contributed by atoms with E-state index in [1.165, 1.54) is 0 Å². The van der Waals surface area contributed by atoms with Gasteiger partial charge >= 0.3 is 0 Å². The van der Waals surface area contributed by atoms with E-state index < -0.39 is 0 Å². The number of nitrogens with one attached hydrogen (secondary N) is 1. The van der Waals surface area contributed by atoms with Crippen LogP contribution in [0.1, 0.15) is 5.69 Å². The number of hydrogen-bond acceptors (Lipinski definition) is 4. The SMILES string of the molecule is Cc1nc(=S)n2c(c1N)NCC2. The van der Waals surface area contributed by atoms with Crippen LogP contribution in [0.5, 0.6) is 0 Å². The highest BCUT2D eigenvalue weighted by Gasteiger charge is 2.14. The van der Waals surface area contributed by atoms with Crippen LogP contribution in [0.2, 0.25) is 0 Å². The standard InChI is InChI=1S/C7H10N4S/c1-4-5(8)6-9-2-3-11(6)7(12)10-4/h9H,2-3,8H2,1H3. The Labute approximate surface area is 75.4 Å². The molecule has 0 radical (unpaired) electrons. The summed E-state index contributed by atoms with van der Waals surface area (Å²) in [4.78, 5) is 4.16. The Morgan fingerprint density at radius 3 is 3.17 bits per heavy atom. The van der Waals surface area contributed by atoms with Crippen molar-refractivity contribution < 1.29 is 0 Å². The van der Waals surface area contributed by atoms with Crippen LogP contribution in [-0.4, -0.2) is 16.1 Å². The summed E-state index contributed by atoms with van der Waals surface area (Å²) < 4.78 is 2.54. The Balaban J connectivity index is 2.78. The van der Waals surface area contributed by atoms with Crippen LogP contribution in [-0.2, 0) is 6.54 Å². The van der Waals surface area contributed by atoms with Crippen molar-refractivity contribution in [2.24, 2.45) is 0 Å². The summed E-state index contributed by atoms with van der Waals surface area (Å²) in [6.07, 6.45) is 0. The third-order valence-corrected chi connectivity index (χ3v) is 2.35. The summed E-state index contributed by atoms with van der Waals surface area (Å²) in [5.41, 5.74) is 7.33. The van der Waals surface area contributed by atoms with E-state index in [-0.39, 0.29) is 0 Å². The summed E-state index contributed by atoms with van der Waals surface area (Å²) in [5.74, 6) is 0.924. The Morgan fingerprint density at radius 1 is 1.67 bits per heavy atom. The monoisotopic (exact) mass is 182 g/mol. The van der Waals surface area contributed by atoms with E-state index >= 15 is 0 Å². The van der Waals surface area contributed by atoms with Crippen LogP contribution < -0.4 is 11.1 Å². The van der Waals surface area contributed by atoms with Crippen molar-refractivity contribution in [2.75, 3.05) is 17.6 Å². The van der Waals surface area contributed by atoms with E-state index in [9.17, 15) is 0 Å². The van der Waals surface area contributed by atoms with Gasteiger partial charge in [0.1, 0.15) is 5.82 Å². The van der Waals surface area contributed by atoms with Crippen molar-refractivity contribution in [3.63, 3.8) is 0 Å². The average molecular weight is 182 g/mol. The summed E-state index contributed by atoms with van der Waals surface area (Å²) in [5, 5.41) is 3.18. The van der Waals surface area contributed by atoms with Crippen LogP contribution >= 0.6 is 12.2 Å². The minimum atomic E-state index is 0.613. The van der Waals surface area contributed by atoms with E-state index in [0.717, 1.165) is 24.6 Å². The second-order valence-corrected chi connectivity index (χ2v) is 3.19. The maximum Gasteiger partial charge on any atom is 0.201 e. The van der Waals surface area contributed by atoms with Crippen LogP contribution in [0.25, 0.3) is 0 Å². The molecule has 3 N–H and O–H groups in total. The lowest BCUT2D eigenvalue weighted by Crippen LogP contribution is -2.04. The number of aromatic nitrogens is 2. The zero-order valence-electron chi connectivity index (χ0n) is 6.79. The van der Waals surface area contributed by atoms with Crippen LogP contribution in [0.15, 0.2) is 0 Å². The first kappa shape index (κ1) is 7.54. The number of hydrogen-bond donors (Lipinski definition) is 2. The molecule has 0 fully saturated rings. The number of rotatable bonds is 0. The first-order valence-electron chi connectivity index (χ1n) is 3.81. The molecule has 0 bridgehead atoms. The Kier molecular flexibility index (Phi) is 1.54. The highest BCUT2D eigenvalue weighted by molar-refractivity contribution is 7.71. The van der Waals surface area contributed by atoms with Gasteiger partial charge in [0.25, 0.3) is 0 Å². The molecule has 0 spiro atoms. The Bertz CT molecular complexity index is 382. The van der Waals surface area contributed by atoms with Gasteiger partial charge in [0, 0.05) is 13.1 Å². The second kappa shape index (κ2) is 2.45. The lowest BCUT2D eigenvalue weighted by Gasteiger charge is -2.07. The van der Waals surface area contributed by atoms with Gasteiger partial charge in [-0.15, -0.1) is 0 Å². The first-order valence-corrected chi connectivity index (χ1v) is 4.22. The quantitative estimate of drug-likeness (QED) is 0.586. The van der Waals surface area contributed by atoms with Crippen LogP contribution in [0.4, 0.5) is 11.5 Å². The molecule has 1 aliphatic rings. The van der Waals surface area contributed by atoms with Gasteiger partial charge in [-0.2, -0.15) is 0 Å². The van der Waals surface area contributed by atoms with Crippen molar-refractivity contribution in [3.05, 3.63) is 10.5 Å². The molecule has 0 saturated carbocycles. The lowest BCUT2D eigenvalue weighted by atomic mass is 10.3. The molecule has 1 aromatic rings. The predicted molar refractivity (Wildman–Crippen MR) is 50.7 cm³/mol. The minimum absolute atomic E-state index is 0.613. The highest BCUT2D eigenvalue weighted by Crippen LogP contribution is 2.24. The summed E-state index contributed by atoms with van der Waals surface area (Å²) in [6, 6.07) is 0. The number of anilines is 2. The number of aryl methyl sites for hydroxylation is 1. The fourth-order valence-electron chi connectivity index (χ4n) is 1.36. The van der Waals surface area contributed by atoms with Crippen molar-refractivity contribution >= 4 is 23.7 Å². The fraction of sp³-hybridized carbons (Fsp3) is 0.429. The third-order valence-electron chi connectivity index (χ3n) is 2.04. The highest BCUT2D eigenvalue weighted by atomic mass is 32.1. The first-order chi connectivity index (χ1) is 5.70. The van der Waals surface area contributed by atoms with Gasteiger partial charge in [0.15, 0.2) is 0 Å². The Morgan fingerprint density at radius 2 is 2.42 bits per heavy atom. The maximum absolute atomic E-state index is 5.81. The van der Waals surface area contributed by atoms with E-state index in [2.05, 4.69) is 10.3 Å². The molecule has 2 rings (SSSR count). The van der Waals surface area contributed by atoms with Gasteiger partial charge in [-0.25, -0.2) is 4.98 Å². The maximum atomic E-state index is 5.81. The molecule has 0 aromatic carbocycles. The second-order valence-electron chi connectivity index (χ2n) is 2.82. The molecule has 64 valence electrons. The third kappa shape index (κ3) is 0.896. The van der Waals surface area contributed by atoms with Crippen LogP contribution in [0.3, 0.4) is 0 Å². The van der Waals surface area contributed by atoms with Gasteiger partial charge in [0.05, 0.1) is 11.4 Å². The molecule has 0 amide bonds. The molecular formula is C7H10N4S. The van der Waals surface area contributed by atoms with Crippen molar-refractivity contribution in [3.8, 4) is 0 Å². The van der Waals surface area contributed by atoms with Crippen LogP contribution in [0, 0.1) is 11.7 Å². The van der Waals surface area contributed by atoms with E-state index in [1.54, 1.807) is 0 Å². The molecule has 2 heterocycles. The molecule has 1 aliphatic heterocycles. The summed E-state index contributed by atoms with van der Waals surface area (Å²) in [6.45, 7) is 3.62. The molecule has 1 aromatic heterocycles. The zero-order valence-corrected chi connectivity index (χ0v) is 7.61. The lowest BCUT2D eigenvalue weighted by molar-refractivity contribution is 0.763. The summed E-state index contributed by atoms with van der Waals surface area (Å²) in [7, 11) is 0. The molecule has 12 heavy (non-hydrogen) atoms. The van der Waals surface area contributed by atoms with Gasteiger partial charge < -0.3 is 11.1 Å². The molecule has 0 unspecified atom stereocenters. The normalized spacial score (nSPS) is 14.1. The number of nitrogens with zero attached hydrogens (tertiary/aromatic N) is 2. The number of fused-ring (bicyclic) bond motifs is 1. The van der Waals surface area contributed by atoms with E-state index in [4.69, 9.17) is 18.0 Å². The zero-order chi connectivity index (χ0) is 8.72. The van der Waals surface area contributed by atoms with Crippen molar-refractivity contribution in [1.82, 2.24) is 9.55 Å². The van der Waals surface area contributed by atoms with Gasteiger partial charge in [-0.05, 0) is 19.1 Å². The smallest absolute Gasteiger partial charge is 0.201 e. The topological polar surface area (TPSA) is 55.9 Å². The van der Waals surface area contributed by atoms with E-state index in [0.29, 0.717) is 10.5 Å². The predicted octanol–water partition coefficient (Wildman–Crippen LogP) is 0.929. The molecule has 4 nitrogen and oxygen atoms in total. The average Bonchev–Trinajstić information content (AvgIpc) is 2.48. The minimum Gasteiger partial charge on any atom is -0.394 e. The molecule has 0 atom stereocenters. The van der Waals surface area contributed by atoms with Crippen molar-refractivity contribution in [1.29, 1.82) is 0 Å². The fourth-order valence-corrected chi connectivity index (χ4v) is 1.68. The summed E-state index contributed by atoms with van der Waals surface area (Å²) >= 11 is 5.08. The van der Waals surface area contributed by atoms with Gasteiger partial charge in [0.2, 0.25) is 4.77 Å². The van der Waals surface area contributed by atoms with Crippen molar-refractivity contribution in [2.45, 2.75) is 13.5 Å². The molecule has 5 heteroatoms. The van der Waals surface area contributed by atoms with E-state index in [1.807, 2.05) is 11.5 Å². The molecule has 0 saturated heterocycles. The number of nitrogen functional groups attached to an aromatic ring is 1. The molecule has 0 aliphatic carbocycles. The largest absolute Gasteiger partial charge is 0.394 e.